The molecule has 0 spiro atoms. The molecule has 6 nitrogen and oxygen atoms in total. The molecule has 0 atom stereocenters. The molecule has 19 heavy (non-hydrogen) atoms. The first kappa shape index (κ1) is 15.1. The maximum atomic E-state index is 10.4. The van der Waals surface area contributed by atoms with Crippen molar-refractivity contribution in [1.29, 1.82) is 0 Å². The molecule has 100 valence electrons. The Morgan fingerprint density at radius 2 is 2.32 bits per heavy atom. The van der Waals surface area contributed by atoms with Crippen molar-refractivity contribution in [2.24, 2.45) is 5.10 Å². The van der Waals surface area contributed by atoms with E-state index >= 15 is 0 Å². The second-order valence-electron chi connectivity index (χ2n) is 3.06. The lowest BCUT2D eigenvalue weighted by Gasteiger charge is -1.93. The van der Waals surface area contributed by atoms with E-state index in [1.807, 2.05) is 6.26 Å². The molecule has 0 unspecified atom stereocenters. The van der Waals surface area contributed by atoms with Crippen LogP contribution in [0.15, 0.2) is 39.9 Å². The maximum Gasteiger partial charge on any atom is 0.433 e. The number of rotatable bonds is 5. The Morgan fingerprint density at radius 1 is 1.53 bits per heavy atom. The van der Waals surface area contributed by atoms with Crippen molar-refractivity contribution < 1.29 is 9.34 Å². The van der Waals surface area contributed by atoms with E-state index in [0.717, 1.165) is 0 Å². The van der Waals surface area contributed by atoms with Gasteiger partial charge in [-0.2, -0.15) is 5.10 Å². The summed E-state index contributed by atoms with van der Waals surface area (Å²) in [6, 6.07) is 2.83. The fourth-order valence-corrected chi connectivity index (χ4v) is 1.17. The van der Waals surface area contributed by atoms with Gasteiger partial charge in [0.15, 0.2) is 4.32 Å². The first-order valence-corrected chi connectivity index (χ1v) is 6.71. The highest BCUT2D eigenvalue weighted by Crippen LogP contribution is 2.16. The molecule has 1 heterocycles. The highest BCUT2D eigenvalue weighted by molar-refractivity contribution is 8.22. The number of furan rings is 1. The minimum Gasteiger partial charge on any atom is -0.401 e. The number of hydrogen-bond acceptors (Lipinski definition) is 6. The minimum atomic E-state index is -0.583. The van der Waals surface area contributed by atoms with E-state index in [1.54, 1.807) is 24.3 Å². The van der Waals surface area contributed by atoms with Gasteiger partial charge in [-0.3, -0.25) is 15.5 Å². The molecule has 1 aromatic heterocycles. The van der Waals surface area contributed by atoms with Crippen LogP contribution in [0.3, 0.4) is 0 Å². The third-order valence-electron chi connectivity index (χ3n) is 1.78. The fraction of sp³-hybridized carbons (Fsp3) is 0.0909. The number of thioether (sulfide) groups is 1. The summed E-state index contributed by atoms with van der Waals surface area (Å²) < 4.78 is 5.52. The quantitative estimate of drug-likeness (QED) is 0.296. The Bertz CT molecular complexity index is 535. The summed E-state index contributed by atoms with van der Waals surface area (Å²) in [7, 11) is 0. The van der Waals surface area contributed by atoms with Crippen molar-refractivity contribution >= 4 is 46.5 Å². The Hall–Kier alpha value is -1.93. The van der Waals surface area contributed by atoms with Crippen molar-refractivity contribution in [3.8, 4) is 0 Å². The summed E-state index contributed by atoms with van der Waals surface area (Å²) in [5, 5.41) is 14.2. The normalized spacial score (nSPS) is 11.6. The molecule has 0 bridgehead atoms. The second-order valence-corrected chi connectivity index (χ2v) is 4.54. The van der Waals surface area contributed by atoms with Crippen LogP contribution in [-0.4, -0.2) is 21.7 Å². The topological polar surface area (TPSA) is 80.7 Å². The largest absolute Gasteiger partial charge is 0.433 e. The van der Waals surface area contributed by atoms with Crippen molar-refractivity contribution in [3.63, 3.8) is 0 Å². The summed E-state index contributed by atoms with van der Waals surface area (Å²) in [6.07, 6.45) is 10.1. The zero-order valence-electron chi connectivity index (χ0n) is 9.98. The fourth-order valence-electron chi connectivity index (χ4n) is 0.973. The van der Waals surface area contributed by atoms with Crippen LogP contribution in [0.4, 0.5) is 5.88 Å². The Balaban J connectivity index is 2.40. The molecule has 1 N–H and O–H groups in total. The van der Waals surface area contributed by atoms with E-state index in [4.69, 9.17) is 16.6 Å². The highest BCUT2D eigenvalue weighted by Gasteiger charge is 2.09. The Morgan fingerprint density at radius 3 is 2.95 bits per heavy atom. The summed E-state index contributed by atoms with van der Waals surface area (Å²) in [6.45, 7) is 0. The molecule has 0 saturated heterocycles. The van der Waals surface area contributed by atoms with E-state index in [0.29, 0.717) is 10.1 Å². The van der Waals surface area contributed by atoms with Crippen LogP contribution < -0.4 is 5.43 Å². The van der Waals surface area contributed by atoms with E-state index in [9.17, 15) is 10.1 Å². The number of nitrogens with one attached hydrogen (secondary N) is 1. The van der Waals surface area contributed by atoms with Gasteiger partial charge in [0.25, 0.3) is 0 Å². The van der Waals surface area contributed by atoms with Gasteiger partial charge in [-0.25, -0.2) is 0 Å². The van der Waals surface area contributed by atoms with Gasteiger partial charge >= 0.3 is 5.88 Å². The third kappa shape index (κ3) is 5.98. The van der Waals surface area contributed by atoms with Crippen molar-refractivity contribution in [3.05, 3.63) is 46.2 Å². The first-order chi connectivity index (χ1) is 9.13. The van der Waals surface area contributed by atoms with Gasteiger partial charge in [0.05, 0.1) is 6.07 Å². The van der Waals surface area contributed by atoms with E-state index in [-0.39, 0.29) is 5.88 Å². The Kier molecular flexibility index (Phi) is 6.55. The number of nitro groups is 1. The van der Waals surface area contributed by atoms with Crippen LogP contribution in [0.1, 0.15) is 5.76 Å². The van der Waals surface area contributed by atoms with Gasteiger partial charge in [-0.05, 0) is 24.5 Å². The summed E-state index contributed by atoms with van der Waals surface area (Å²) in [5.74, 6) is 0.134. The molecule has 0 amide bonds. The molecular formula is C11H11N3O3S2. The number of allylic oxidation sites excluding steroid dienone is 3. The van der Waals surface area contributed by atoms with Crippen molar-refractivity contribution in [2.45, 2.75) is 0 Å². The first-order valence-electron chi connectivity index (χ1n) is 5.08. The molecule has 0 aliphatic carbocycles. The summed E-state index contributed by atoms with van der Waals surface area (Å²) in [4.78, 5) is 9.80. The summed E-state index contributed by atoms with van der Waals surface area (Å²) >= 11 is 6.27. The molecule has 0 fully saturated rings. The molecule has 8 heteroatoms. The molecule has 0 saturated carbocycles. The molecule has 0 aliphatic heterocycles. The van der Waals surface area contributed by atoms with Crippen LogP contribution in [0.5, 0.6) is 0 Å². The maximum absolute atomic E-state index is 10.4. The standard InChI is InChI=1S/C11H11N3O3S2/c1-19-11(18)13-12-8-4-2-3-5-9-6-7-10(17-9)14(15)16/h2-8H,1H3,(H,13,18)/b4-2+,5-3+,12-8+. The molecule has 0 aromatic carbocycles. The SMILES string of the molecule is CSC(=S)N/N=C/C=C/C=C/c1ccc([N+](=O)[O-])o1. The van der Waals surface area contributed by atoms with Crippen LogP contribution in [0, 0.1) is 10.1 Å². The van der Waals surface area contributed by atoms with E-state index in [1.165, 1.54) is 30.1 Å². The van der Waals surface area contributed by atoms with Crippen molar-refractivity contribution in [2.75, 3.05) is 6.26 Å². The number of hydrogen-bond donors (Lipinski definition) is 1. The second kappa shape index (κ2) is 8.22. The average molecular weight is 297 g/mol. The number of thiocarbonyl (C=S) groups is 1. The molecule has 0 aliphatic rings. The monoisotopic (exact) mass is 297 g/mol. The van der Waals surface area contributed by atoms with Gasteiger partial charge in [0.1, 0.15) is 10.7 Å². The highest BCUT2D eigenvalue weighted by atomic mass is 32.2. The lowest BCUT2D eigenvalue weighted by Crippen LogP contribution is -2.09. The smallest absolute Gasteiger partial charge is 0.401 e. The van der Waals surface area contributed by atoms with Gasteiger partial charge in [0.2, 0.25) is 0 Å². The third-order valence-corrected chi connectivity index (χ3v) is 2.83. The van der Waals surface area contributed by atoms with Crippen LogP contribution in [-0.2, 0) is 0 Å². The molecule has 1 rings (SSSR count). The van der Waals surface area contributed by atoms with E-state index in [2.05, 4.69) is 10.5 Å². The lowest BCUT2D eigenvalue weighted by atomic mass is 10.4. The average Bonchev–Trinajstić information content (AvgIpc) is 2.86. The van der Waals surface area contributed by atoms with E-state index < -0.39 is 4.92 Å². The summed E-state index contributed by atoms with van der Waals surface area (Å²) in [5.41, 5.74) is 2.65. The van der Waals surface area contributed by atoms with Crippen LogP contribution in [0.25, 0.3) is 6.08 Å². The Labute approximate surface area is 119 Å². The van der Waals surface area contributed by atoms with Crippen molar-refractivity contribution in [1.82, 2.24) is 5.43 Å². The zero-order chi connectivity index (χ0) is 14.1. The lowest BCUT2D eigenvalue weighted by molar-refractivity contribution is -0.402. The number of nitrogens with zero attached hydrogens (tertiary/aromatic N) is 2. The molecule has 1 aromatic rings. The molecular weight excluding hydrogens is 286 g/mol. The minimum absolute atomic E-state index is 0.278. The van der Waals surface area contributed by atoms with Gasteiger partial charge in [-0.15, -0.1) is 0 Å². The van der Waals surface area contributed by atoms with Gasteiger partial charge < -0.3 is 4.42 Å². The number of hydrazone groups is 1. The predicted octanol–water partition coefficient (Wildman–Crippen LogP) is 2.98. The van der Waals surface area contributed by atoms with Gasteiger partial charge in [0, 0.05) is 6.21 Å². The molecule has 0 radical (unpaired) electrons. The zero-order valence-corrected chi connectivity index (χ0v) is 11.6. The van der Waals surface area contributed by atoms with Gasteiger partial charge in [-0.1, -0.05) is 36.1 Å². The van der Waals surface area contributed by atoms with Crippen LogP contribution in [0.2, 0.25) is 0 Å². The predicted molar refractivity (Wildman–Crippen MR) is 81.3 cm³/mol. The van der Waals surface area contributed by atoms with Crippen LogP contribution >= 0.6 is 24.0 Å².